The van der Waals surface area contributed by atoms with Crippen molar-refractivity contribution in [2.45, 2.75) is 25.8 Å². The SMILES string of the molecule is CN(C)CCOc1ccc(OCCCc2ccc(N3CCc4cccc(C(=O)Nc5nc6ccccc6s5)c4C3)nc2C(=O)O)cc1. The third-order valence-electron chi connectivity index (χ3n) is 8.01. The number of nitrogens with one attached hydrogen (secondary N) is 1. The summed E-state index contributed by atoms with van der Waals surface area (Å²) in [7, 11) is 4.01. The van der Waals surface area contributed by atoms with E-state index in [0.29, 0.717) is 67.6 Å². The summed E-state index contributed by atoms with van der Waals surface area (Å²) in [6, 6.07) is 24.7. The number of fused-ring (bicyclic) bond motifs is 2. The third kappa shape index (κ3) is 7.87. The van der Waals surface area contributed by atoms with Crippen LogP contribution in [0.2, 0.25) is 0 Å². The van der Waals surface area contributed by atoms with E-state index in [1.807, 2.05) is 97.9 Å². The second-order valence-electron chi connectivity index (χ2n) is 11.6. The maximum Gasteiger partial charge on any atom is 0.354 e. The molecule has 0 saturated carbocycles. The largest absolute Gasteiger partial charge is 0.494 e. The molecule has 6 rings (SSSR count). The Bertz CT molecular complexity index is 1840. The molecule has 47 heavy (non-hydrogen) atoms. The van der Waals surface area contributed by atoms with Crippen LogP contribution >= 0.6 is 11.3 Å². The number of aromatic carboxylic acids is 1. The van der Waals surface area contributed by atoms with Gasteiger partial charge in [-0.05, 0) is 98.6 Å². The van der Waals surface area contributed by atoms with Crippen molar-refractivity contribution in [1.29, 1.82) is 0 Å². The molecule has 3 aromatic carbocycles. The second kappa shape index (κ2) is 14.6. The monoisotopic (exact) mass is 651 g/mol. The van der Waals surface area contributed by atoms with Gasteiger partial charge in [0.15, 0.2) is 10.8 Å². The lowest BCUT2D eigenvalue weighted by atomic mass is 9.94. The quantitative estimate of drug-likeness (QED) is 0.145. The molecule has 1 aliphatic rings. The molecule has 1 amide bonds. The predicted molar refractivity (Wildman–Crippen MR) is 184 cm³/mol. The number of amides is 1. The molecule has 11 heteroatoms. The summed E-state index contributed by atoms with van der Waals surface area (Å²) in [5.41, 5.74) is 4.12. The molecule has 0 unspecified atom stereocenters. The van der Waals surface area contributed by atoms with Gasteiger partial charge in [0.25, 0.3) is 5.91 Å². The Morgan fingerprint density at radius 3 is 2.45 bits per heavy atom. The van der Waals surface area contributed by atoms with Crippen LogP contribution in [0, 0.1) is 0 Å². The lowest BCUT2D eigenvalue weighted by Crippen LogP contribution is -2.33. The molecule has 0 saturated heterocycles. The van der Waals surface area contributed by atoms with Crippen LogP contribution in [0.25, 0.3) is 10.2 Å². The maximum absolute atomic E-state index is 13.4. The normalized spacial score (nSPS) is 12.6. The number of ether oxygens (including phenoxy) is 2. The number of hydrogen-bond acceptors (Lipinski definition) is 9. The van der Waals surface area contributed by atoms with Crippen LogP contribution in [0.3, 0.4) is 0 Å². The number of carboxylic acids is 1. The molecule has 0 radical (unpaired) electrons. The lowest BCUT2D eigenvalue weighted by molar-refractivity contribution is 0.0689. The van der Waals surface area contributed by atoms with Crippen molar-refractivity contribution in [3.05, 3.63) is 107 Å². The van der Waals surface area contributed by atoms with Crippen LogP contribution in [0.1, 0.15) is 44.0 Å². The summed E-state index contributed by atoms with van der Waals surface area (Å²) < 4.78 is 12.6. The van der Waals surface area contributed by atoms with Gasteiger partial charge >= 0.3 is 5.97 Å². The minimum absolute atomic E-state index is 0.0365. The van der Waals surface area contributed by atoms with Gasteiger partial charge in [0.2, 0.25) is 0 Å². The van der Waals surface area contributed by atoms with Gasteiger partial charge in [-0.2, -0.15) is 0 Å². The van der Waals surface area contributed by atoms with E-state index in [1.165, 1.54) is 11.3 Å². The van der Waals surface area contributed by atoms with Crippen molar-refractivity contribution in [1.82, 2.24) is 14.9 Å². The molecular weight excluding hydrogens is 614 g/mol. The highest BCUT2D eigenvalue weighted by Gasteiger charge is 2.25. The Kier molecular flexibility index (Phi) is 9.94. The molecule has 0 atom stereocenters. The second-order valence-corrected chi connectivity index (χ2v) is 12.6. The minimum atomic E-state index is -1.07. The number of likely N-dealkylation sites (N-methyl/N-ethyl adjacent to an activating group) is 1. The van der Waals surface area contributed by atoms with E-state index in [4.69, 9.17) is 9.47 Å². The number of thiazole rings is 1. The number of carbonyl (C=O) groups is 2. The number of nitrogens with zero attached hydrogens (tertiary/aromatic N) is 4. The smallest absolute Gasteiger partial charge is 0.354 e. The summed E-state index contributed by atoms with van der Waals surface area (Å²) in [6.45, 7) is 2.99. The van der Waals surface area contributed by atoms with E-state index >= 15 is 0 Å². The lowest BCUT2D eigenvalue weighted by Gasteiger charge is -2.31. The van der Waals surface area contributed by atoms with Gasteiger partial charge in [0.05, 0.1) is 16.8 Å². The number of para-hydroxylation sites is 1. The predicted octanol–water partition coefficient (Wildman–Crippen LogP) is 6.16. The Morgan fingerprint density at radius 1 is 0.936 bits per heavy atom. The van der Waals surface area contributed by atoms with Crippen LogP contribution in [-0.2, 0) is 19.4 Å². The zero-order valence-corrected chi connectivity index (χ0v) is 27.3. The minimum Gasteiger partial charge on any atom is -0.494 e. The molecule has 1 aliphatic heterocycles. The van der Waals surface area contributed by atoms with Gasteiger partial charge in [-0.3, -0.25) is 10.1 Å². The van der Waals surface area contributed by atoms with E-state index in [1.54, 1.807) is 0 Å². The fraction of sp³-hybridized carbons (Fsp3) is 0.278. The van der Waals surface area contributed by atoms with Crippen LogP contribution in [0.15, 0.2) is 78.9 Å². The molecule has 0 fully saturated rings. The molecule has 2 N–H and O–H groups in total. The molecule has 0 bridgehead atoms. The highest BCUT2D eigenvalue weighted by molar-refractivity contribution is 7.22. The van der Waals surface area contributed by atoms with Gasteiger partial charge in [-0.25, -0.2) is 14.8 Å². The number of rotatable bonds is 13. The molecular formula is C36H37N5O5S. The number of pyridine rings is 1. The van der Waals surface area contributed by atoms with Crippen molar-refractivity contribution in [2.75, 3.05) is 50.6 Å². The van der Waals surface area contributed by atoms with Gasteiger partial charge in [0.1, 0.15) is 23.9 Å². The van der Waals surface area contributed by atoms with Crippen molar-refractivity contribution >= 4 is 44.4 Å². The zero-order valence-electron chi connectivity index (χ0n) is 26.4. The highest BCUT2D eigenvalue weighted by atomic mass is 32.1. The van der Waals surface area contributed by atoms with Crippen molar-refractivity contribution in [3.8, 4) is 11.5 Å². The molecule has 3 heterocycles. The average molecular weight is 652 g/mol. The first-order valence-corrected chi connectivity index (χ1v) is 16.4. The van der Waals surface area contributed by atoms with E-state index in [0.717, 1.165) is 39.4 Å². The van der Waals surface area contributed by atoms with E-state index < -0.39 is 5.97 Å². The van der Waals surface area contributed by atoms with Crippen molar-refractivity contribution < 1.29 is 24.2 Å². The van der Waals surface area contributed by atoms with Crippen molar-refractivity contribution in [3.63, 3.8) is 0 Å². The first-order valence-electron chi connectivity index (χ1n) is 15.6. The molecule has 10 nitrogen and oxygen atoms in total. The Balaban J connectivity index is 1.08. The number of anilines is 2. The molecule has 242 valence electrons. The Hall–Kier alpha value is -5.00. The topological polar surface area (TPSA) is 117 Å². The van der Waals surface area contributed by atoms with E-state index in [-0.39, 0.29) is 11.6 Å². The molecule has 0 spiro atoms. The van der Waals surface area contributed by atoms with Gasteiger partial charge < -0.3 is 24.4 Å². The van der Waals surface area contributed by atoms with Crippen molar-refractivity contribution in [2.24, 2.45) is 0 Å². The number of benzene rings is 3. The highest BCUT2D eigenvalue weighted by Crippen LogP contribution is 2.30. The zero-order chi connectivity index (χ0) is 32.8. The summed E-state index contributed by atoms with van der Waals surface area (Å²) >= 11 is 1.44. The number of carbonyl (C=O) groups excluding carboxylic acids is 1. The van der Waals surface area contributed by atoms with Crippen LogP contribution in [-0.4, -0.2) is 72.2 Å². The van der Waals surface area contributed by atoms with Crippen LogP contribution < -0.4 is 19.7 Å². The van der Waals surface area contributed by atoms with Gasteiger partial charge in [-0.1, -0.05) is 41.7 Å². The van der Waals surface area contributed by atoms with E-state index in [2.05, 4.69) is 20.2 Å². The molecule has 2 aromatic heterocycles. The molecule has 5 aromatic rings. The number of aromatic nitrogens is 2. The van der Waals surface area contributed by atoms with E-state index in [9.17, 15) is 14.7 Å². The Labute approximate surface area is 277 Å². The number of hydrogen-bond donors (Lipinski definition) is 2. The molecule has 0 aliphatic carbocycles. The fourth-order valence-electron chi connectivity index (χ4n) is 5.55. The summed E-state index contributed by atoms with van der Waals surface area (Å²) in [6.07, 6.45) is 1.86. The first-order chi connectivity index (χ1) is 22.8. The third-order valence-corrected chi connectivity index (χ3v) is 8.96. The fourth-order valence-corrected chi connectivity index (χ4v) is 6.41. The maximum atomic E-state index is 13.4. The number of aryl methyl sites for hydroxylation is 1. The van der Waals surface area contributed by atoms with Gasteiger partial charge in [-0.15, -0.1) is 0 Å². The summed E-state index contributed by atoms with van der Waals surface area (Å²) in [4.78, 5) is 38.9. The number of carboxylic acid groups (broad SMARTS) is 1. The summed E-state index contributed by atoms with van der Waals surface area (Å²) in [5, 5.41) is 13.5. The van der Waals surface area contributed by atoms with Crippen LogP contribution in [0.5, 0.6) is 11.5 Å². The van der Waals surface area contributed by atoms with Crippen LogP contribution in [0.4, 0.5) is 10.9 Å². The van der Waals surface area contributed by atoms with Gasteiger partial charge in [0, 0.05) is 25.2 Å². The average Bonchev–Trinajstić information content (AvgIpc) is 3.49. The summed E-state index contributed by atoms with van der Waals surface area (Å²) in [5.74, 6) is 0.806. The standard InChI is InChI=1S/C36H37N5O5S/c1-40(2)20-22-46-27-15-13-26(14-16-27)45-21-6-8-25-12-17-32(38-33(25)35(43)44)41-19-18-24-7-5-9-28(29(24)23-41)34(42)39-36-37-30-10-3-4-11-31(30)47-36/h3-5,7,9-17H,6,8,18-23H2,1-2H3,(H,43,44)(H,37,39,42). The first kappa shape index (κ1) is 32.0. The Morgan fingerprint density at radius 2 is 1.70 bits per heavy atom.